The average Bonchev–Trinajstić information content (AvgIpc) is 2.05. The monoisotopic (exact) mass is 165 g/mol. The van der Waals surface area contributed by atoms with Crippen molar-refractivity contribution in [2.45, 2.75) is 0 Å². The van der Waals surface area contributed by atoms with Gasteiger partial charge < -0.3 is 4.90 Å². The van der Waals surface area contributed by atoms with Crippen molar-refractivity contribution in [1.29, 1.82) is 0 Å². The van der Waals surface area contributed by atoms with E-state index >= 15 is 0 Å². The summed E-state index contributed by atoms with van der Waals surface area (Å²) < 4.78 is 0. The number of hydrogen-bond acceptors (Lipinski definition) is 4. The summed E-state index contributed by atoms with van der Waals surface area (Å²) in [5, 5.41) is 3.89. The van der Waals surface area contributed by atoms with Crippen LogP contribution in [0.2, 0.25) is 0 Å². The third-order valence-corrected chi connectivity index (χ3v) is 1.03. The Morgan fingerprint density at radius 3 is 2.92 bits per heavy atom. The topological polar surface area (TPSA) is 53.4 Å². The highest BCUT2D eigenvalue weighted by atomic mass is 15.3. The molecule has 64 valence electrons. The molecule has 0 unspecified atom stereocenters. The zero-order chi connectivity index (χ0) is 8.81. The molecule has 0 aliphatic rings. The van der Waals surface area contributed by atoms with Crippen molar-refractivity contribution in [2.24, 2.45) is 5.10 Å². The normalized spacial score (nSPS) is 10.2. The Kier molecular flexibility index (Phi) is 3.01. The lowest BCUT2D eigenvalue weighted by atomic mass is 10.7. The second-order valence-electron chi connectivity index (χ2n) is 2.41. The van der Waals surface area contributed by atoms with Gasteiger partial charge in [0.1, 0.15) is 6.34 Å². The lowest BCUT2D eigenvalue weighted by molar-refractivity contribution is 0.641. The van der Waals surface area contributed by atoms with Gasteiger partial charge in [-0.05, 0) is 0 Å². The van der Waals surface area contributed by atoms with E-state index in [2.05, 4.69) is 20.5 Å². The number of nitrogens with one attached hydrogen (secondary N) is 1. The van der Waals surface area contributed by atoms with E-state index in [0.29, 0.717) is 5.82 Å². The highest BCUT2D eigenvalue weighted by molar-refractivity contribution is 5.55. The standard InChI is InChI=1S/C7H11N5/c1-12(2)6-10-11-7-5-8-3-4-9-7/h3-6H,1-2H3,(H,9,11). The van der Waals surface area contributed by atoms with Crippen LogP contribution in [-0.4, -0.2) is 35.3 Å². The van der Waals surface area contributed by atoms with Crippen molar-refractivity contribution in [3.63, 3.8) is 0 Å². The summed E-state index contributed by atoms with van der Waals surface area (Å²) in [6.45, 7) is 0. The van der Waals surface area contributed by atoms with Crippen molar-refractivity contribution < 1.29 is 0 Å². The molecule has 0 bridgehead atoms. The minimum atomic E-state index is 0.635. The smallest absolute Gasteiger partial charge is 0.164 e. The van der Waals surface area contributed by atoms with Gasteiger partial charge in [-0.3, -0.25) is 10.4 Å². The second-order valence-corrected chi connectivity index (χ2v) is 2.41. The van der Waals surface area contributed by atoms with Gasteiger partial charge in [-0.1, -0.05) is 0 Å². The molecule has 0 aliphatic heterocycles. The van der Waals surface area contributed by atoms with Crippen LogP contribution in [0.25, 0.3) is 0 Å². The molecule has 12 heavy (non-hydrogen) atoms. The molecule has 0 aliphatic carbocycles. The van der Waals surface area contributed by atoms with Gasteiger partial charge in [0, 0.05) is 26.5 Å². The van der Waals surface area contributed by atoms with Crippen molar-refractivity contribution in [1.82, 2.24) is 14.9 Å². The molecule has 5 heteroatoms. The van der Waals surface area contributed by atoms with Crippen LogP contribution in [0.4, 0.5) is 5.82 Å². The predicted molar refractivity (Wildman–Crippen MR) is 47.8 cm³/mol. The van der Waals surface area contributed by atoms with Crippen molar-refractivity contribution in [3.8, 4) is 0 Å². The summed E-state index contributed by atoms with van der Waals surface area (Å²) >= 11 is 0. The molecule has 0 spiro atoms. The number of anilines is 1. The van der Waals surface area contributed by atoms with E-state index in [1.165, 1.54) is 0 Å². The minimum Gasteiger partial charge on any atom is -0.367 e. The van der Waals surface area contributed by atoms with Gasteiger partial charge >= 0.3 is 0 Å². The Morgan fingerprint density at radius 1 is 1.50 bits per heavy atom. The molecule has 0 radical (unpaired) electrons. The Hall–Kier alpha value is -1.65. The van der Waals surface area contributed by atoms with E-state index in [1.54, 1.807) is 24.9 Å². The van der Waals surface area contributed by atoms with Crippen molar-refractivity contribution in [3.05, 3.63) is 18.6 Å². The number of rotatable bonds is 3. The largest absolute Gasteiger partial charge is 0.367 e. The molecule has 0 saturated heterocycles. The van der Waals surface area contributed by atoms with Crippen LogP contribution in [0.3, 0.4) is 0 Å². The van der Waals surface area contributed by atoms with E-state index in [4.69, 9.17) is 0 Å². The molecular weight excluding hydrogens is 154 g/mol. The molecule has 0 fully saturated rings. The van der Waals surface area contributed by atoms with Gasteiger partial charge in [-0.25, -0.2) is 4.98 Å². The summed E-state index contributed by atoms with van der Waals surface area (Å²) in [7, 11) is 3.78. The summed E-state index contributed by atoms with van der Waals surface area (Å²) in [6, 6.07) is 0. The first-order valence-electron chi connectivity index (χ1n) is 3.50. The van der Waals surface area contributed by atoms with Crippen molar-refractivity contribution >= 4 is 12.2 Å². The Balaban J connectivity index is 2.43. The Labute approximate surface area is 71.1 Å². The molecule has 0 atom stereocenters. The molecule has 0 aromatic carbocycles. The maximum Gasteiger partial charge on any atom is 0.164 e. The molecule has 5 nitrogen and oxygen atoms in total. The molecule has 1 aromatic heterocycles. The van der Waals surface area contributed by atoms with Gasteiger partial charge in [-0.2, -0.15) is 5.10 Å². The predicted octanol–water partition coefficient (Wildman–Crippen LogP) is 0.393. The van der Waals surface area contributed by atoms with Gasteiger partial charge in [0.25, 0.3) is 0 Å². The molecular formula is C7H11N5. The number of nitrogens with zero attached hydrogens (tertiary/aromatic N) is 4. The minimum absolute atomic E-state index is 0.635. The average molecular weight is 165 g/mol. The molecule has 1 N–H and O–H groups in total. The third-order valence-electron chi connectivity index (χ3n) is 1.03. The van der Waals surface area contributed by atoms with Gasteiger partial charge in [0.2, 0.25) is 0 Å². The van der Waals surface area contributed by atoms with Crippen LogP contribution in [0, 0.1) is 0 Å². The van der Waals surface area contributed by atoms with Gasteiger partial charge in [0.15, 0.2) is 5.82 Å². The van der Waals surface area contributed by atoms with Gasteiger partial charge in [-0.15, -0.1) is 0 Å². The molecule has 1 aromatic rings. The Morgan fingerprint density at radius 2 is 2.33 bits per heavy atom. The molecule has 0 saturated carbocycles. The van der Waals surface area contributed by atoms with E-state index in [9.17, 15) is 0 Å². The van der Waals surface area contributed by atoms with Crippen molar-refractivity contribution in [2.75, 3.05) is 19.5 Å². The fraction of sp³-hybridized carbons (Fsp3) is 0.286. The summed E-state index contributed by atoms with van der Waals surface area (Å²) in [5.74, 6) is 0.635. The zero-order valence-corrected chi connectivity index (χ0v) is 7.10. The Bertz CT molecular complexity index is 243. The van der Waals surface area contributed by atoms with E-state index < -0.39 is 0 Å². The highest BCUT2D eigenvalue weighted by Gasteiger charge is 1.86. The molecule has 1 rings (SSSR count). The fourth-order valence-corrected chi connectivity index (χ4v) is 0.567. The second kappa shape index (κ2) is 4.27. The number of hydrogen-bond donors (Lipinski definition) is 1. The third kappa shape index (κ3) is 2.96. The van der Waals surface area contributed by atoms with E-state index in [-0.39, 0.29) is 0 Å². The van der Waals surface area contributed by atoms with Gasteiger partial charge in [0.05, 0.1) is 6.20 Å². The summed E-state index contributed by atoms with van der Waals surface area (Å²) in [5.41, 5.74) is 2.73. The fourth-order valence-electron chi connectivity index (χ4n) is 0.567. The number of aromatic nitrogens is 2. The summed E-state index contributed by atoms with van der Waals surface area (Å²) in [4.78, 5) is 9.66. The number of hydrazone groups is 1. The maximum absolute atomic E-state index is 3.97. The molecule has 1 heterocycles. The van der Waals surface area contributed by atoms with E-state index in [0.717, 1.165) is 0 Å². The zero-order valence-electron chi connectivity index (χ0n) is 7.10. The van der Waals surface area contributed by atoms with Crippen LogP contribution in [0.1, 0.15) is 0 Å². The van der Waals surface area contributed by atoms with Crippen LogP contribution < -0.4 is 5.43 Å². The lowest BCUT2D eigenvalue weighted by Crippen LogP contribution is -2.09. The first-order chi connectivity index (χ1) is 5.79. The molecule has 0 amide bonds. The summed E-state index contributed by atoms with van der Waals surface area (Å²) in [6.07, 6.45) is 6.47. The SMILES string of the molecule is CN(C)C=NNc1cnccn1. The lowest BCUT2D eigenvalue weighted by Gasteiger charge is -2.02. The first kappa shape index (κ1) is 8.45. The van der Waals surface area contributed by atoms with Crippen LogP contribution >= 0.6 is 0 Å². The van der Waals surface area contributed by atoms with Crippen LogP contribution in [0.5, 0.6) is 0 Å². The van der Waals surface area contributed by atoms with E-state index in [1.807, 2.05) is 19.0 Å². The highest BCUT2D eigenvalue weighted by Crippen LogP contribution is 1.95. The quantitative estimate of drug-likeness (QED) is 0.400. The maximum atomic E-state index is 3.97. The van der Waals surface area contributed by atoms with Crippen LogP contribution in [0.15, 0.2) is 23.7 Å². The first-order valence-corrected chi connectivity index (χ1v) is 3.50. The van der Waals surface area contributed by atoms with Crippen LogP contribution in [-0.2, 0) is 0 Å².